The molecule has 4 heteroatoms. The predicted molar refractivity (Wildman–Crippen MR) is 66.1 cm³/mol. The molecule has 1 aromatic carbocycles. The van der Waals surface area contributed by atoms with E-state index >= 15 is 0 Å². The molecule has 2 rings (SSSR count). The molecule has 0 saturated heterocycles. The van der Waals surface area contributed by atoms with Crippen molar-refractivity contribution in [3.05, 3.63) is 47.1 Å². The molecule has 1 aromatic heterocycles. The van der Waals surface area contributed by atoms with Gasteiger partial charge in [-0.1, -0.05) is 22.0 Å². The number of aromatic nitrogens is 1. The first kappa shape index (κ1) is 9.98. The Bertz CT molecular complexity index is 457. The van der Waals surface area contributed by atoms with Crippen molar-refractivity contribution in [1.29, 1.82) is 0 Å². The molecule has 0 aliphatic heterocycles. The van der Waals surface area contributed by atoms with E-state index in [2.05, 4.69) is 26.2 Å². The molecule has 1 heterocycles. The van der Waals surface area contributed by atoms with Gasteiger partial charge in [-0.25, -0.2) is 4.98 Å². The van der Waals surface area contributed by atoms with Crippen LogP contribution in [0.5, 0.6) is 0 Å². The number of pyridine rings is 1. The van der Waals surface area contributed by atoms with Gasteiger partial charge in [0.25, 0.3) is 0 Å². The van der Waals surface area contributed by atoms with Gasteiger partial charge in [-0.3, -0.25) is 0 Å². The normalized spacial score (nSPS) is 9.93. The van der Waals surface area contributed by atoms with Crippen LogP contribution in [0.4, 0.5) is 17.2 Å². The van der Waals surface area contributed by atoms with Gasteiger partial charge in [-0.15, -0.1) is 0 Å². The van der Waals surface area contributed by atoms with Crippen molar-refractivity contribution in [3.8, 4) is 0 Å². The number of nitrogen functional groups attached to an aromatic ring is 1. The first-order chi connectivity index (χ1) is 7.25. The van der Waals surface area contributed by atoms with Gasteiger partial charge in [0.1, 0.15) is 5.82 Å². The molecule has 15 heavy (non-hydrogen) atoms. The summed E-state index contributed by atoms with van der Waals surface area (Å²) in [5.74, 6) is 0.780. The summed E-state index contributed by atoms with van der Waals surface area (Å²) in [4.78, 5) is 4.16. The Balaban J connectivity index is 2.28. The highest BCUT2D eigenvalue weighted by atomic mass is 79.9. The van der Waals surface area contributed by atoms with Crippen LogP contribution in [0.2, 0.25) is 0 Å². The molecular formula is C11H10BrN3. The molecule has 76 valence electrons. The Labute approximate surface area is 96.5 Å². The zero-order chi connectivity index (χ0) is 10.7. The van der Waals surface area contributed by atoms with Crippen molar-refractivity contribution in [2.75, 3.05) is 11.1 Å². The fourth-order valence-corrected chi connectivity index (χ4v) is 1.57. The number of anilines is 3. The van der Waals surface area contributed by atoms with Gasteiger partial charge in [0.2, 0.25) is 0 Å². The van der Waals surface area contributed by atoms with Crippen molar-refractivity contribution in [1.82, 2.24) is 4.98 Å². The number of nitrogens with one attached hydrogen (secondary N) is 1. The lowest BCUT2D eigenvalue weighted by Crippen LogP contribution is -1.97. The van der Waals surface area contributed by atoms with Gasteiger partial charge in [0, 0.05) is 10.7 Å². The Morgan fingerprint density at radius 2 is 2.07 bits per heavy atom. The van der Waals surface area contributed by atoms with Gasteiger partial charge in [-0.2, -0.15) is 0 Å². The van der Waals surface area contributed by atoms with Crippen LogP contribution < -0.4 is 11.1 Å². The van der Waals surface area contributed by atoms with Crippen molar-refractivity contribution in [2.45, 2.75) is 0 Å². The van der Waals surface area contributed by atoms with Crippen LogP contribution in [0.3, 0.4) is 0 Å². The Morgan fingerprint density at radius 3 is 2.80 bits per heavy atom. The minimum absolute atomic E-state index is 0.698. The van der Waals surface area contributed by atoms with Crippen molar-refractivity contribution >= 4 is 33.1 Å². The maximum Gasteiger partial charge on any atom is 0.130 e. The smallest absolute Gasteiger partial charge is 0.130 e. The molecule has 3 N–H and O–H groups in total. The summed E-state index contributed by atoms with van der Waals surface area (Å²) < 4.78 is 0.982. The molecule has 2 aromatic rings. The van der Waals surface area contributed by atoms with E-state index in [9.17, 15) is 0 Å². The maximum atomic E-state index is 5.83. The van der Waals surface area contributed by atoms with Gasteiger partial charge in [-0.05, 0) is 30.3 Å². The minimum atomic E-state index is 0.698. The van der Waals surface area contributed by atoms with Crippen LogP contribution in [0, 0.1) is 0 Å². The van der Waals surface area contributed by atoms with E-state index in [0.29, 0.717) is 5.69 Å². The SMILES string of the molecule is Nc1ccc(Br)cc1Nc1ccccn1. The highest BCUT2D eigenvalue weighted by Gasteiger charge is 2.00. The van der Waals surface area contributed by atoms with E-state index in [1.54, 1.807) is 6.20 Å². The van der Waals surface area contributed by atoms with E-state index in [-0.39, 0.29) is 0 Å². The van der Waals surface area contributed by atoms with Crippen molar-refractivity contribution in [3.63, 3.8) is 0 Å². The quantitative estimate of drug-likeness (QED) is 0.819. The maximum absolute atomic E-state index is 5.83. The zero-order valence-corrected chi connectivity index (χ0v) is 9.53. The largest absolute Gasteiger partial charge is 0.397 e. The summed E-state index contributed by atoms with van der Waals surface area (Å²) in [5.41, 5.74) is 7.37. The molecular weight excluding hydrogens is 254 g/mol. The van der Waals surface area contributed by atoms with E-state index < -0.39 is 0 Å². The van der Waals surface area contributed by atoms with Crippen molar-refractivity contribution in [2.24, 2.45) is 0 Å². The van der Waals surface area contributed by atoms with Gasteiger partial charge in [0.15, 0.2) is 0 Å². The van der Waals surface area contributed by atoms with Crippen LogP contribution in [0.15, 0.2) is 47.1 Å². The lowest BCUT2D eigenvalue weighted by Gasteiger charge is -2.08. The number of hydrogen-bond acceptors (Lipinski definition) is 3. The van der Waals surface area contributed by atoms with E-state index in [1.165, 1.54) is 0 Å². The van der Waals surface area contributed by atoms with Crippen LogP contribution in [0.25, 0.3) is 0 Å². The lowest BCUT2D eigenvalue weighted by molar-refractivity contribution is 1.31. The summed E-state index contributed by atoms with van der Waals surface area (Å²) in [6.45, 7) is 0. The number of rotatable bonds is 2. The third-order valence-electron chi connectivity index (χ3n) is 1.94. The summed E-state index contributed by atoms with van der Waals surface area (Å²) >= 11 is 3.39. The molecule has 0 atom stereocenters. The second-order valence-corrected chi connectivity index (χ2v) is 3.99. The van der Waals surface area contributed by atoms with Crippen LogP contribution in [-0.4, -0.2) is 4.98 Å². The topological polar surface area (TPSA) is 50.9 Å². The first-order valence-electron chi connectivity index (χ1n) is 4.49. The summed E-state index contributed by atoms with van der Waals surface area (Å²) in [6, 6.07) is 11.3. The zero-order valence-electron chi connectivity index (χ0n) is 7.94. The number of halogens is 1. The molecule has 0 aliphatic carbocycles. The first-order valence-corrected chi connectivity index (χ1v) is 5.28. The predicted octanol–water partition coefficient (Wildman–Crippen LogP) is 3.17. The van der Waals surface area contributed by atoms with E-state index in [4.69, 9.17) is 5.73 Å². The van der Waals surface area contributed by atoms with Crippen molar-refractivity contribution < 1.29 is 0 Å². The Kier molecular flexibility index (Phi) is 2.87. The fourth-order valence-electron chi connectivity index (χ4n) is 1.21. The average Bonchev–Trinajstić information content (AvgIpc) is 2.25. The number of benzene rings is 1. The standard InChI is InChI=1S/C11H10BrN3/c12-8-4-5-9(13)10(7-8)15-11-3-1-2-6-14-11/h1-7H,13H2,(H,14,15). The molecule has 0 amide bonds. The van der Waals surface area contributed by atoms with Crippen LogP contribution >= 0.6 is 15.9 Å². The average molecular weight is 264 g/mol. The second kappa shape index (κ2) is 4.31. The van der Waals surface area contributed by atoms with Crippen LogP contribution in [0.1, 0.15) is 0 Å². The molecule has 0 spiro atoms. The number of nitrogens with zero attached hydrogens (tertiary/aromatic N) is 1. The highest BCUT2D eigenvalue weighted by molar-refractivity contribution is 9.10. The third-order valence-corrected chi connectivity index (χ3v) is 2.44. The van der Waals surface area contributed by atoms with Gasteiger partial charge < -0.3 is 11.1 Å². The monoisotopic (exact) mass is 263 g/mol. The van der Waals surface area contributed by atoms with E-state index in [0.717, 1.165) is 16.0 Å². The number of hydrogen-bond donors (Lipinski definition) is 2. The summed E-state index contributed by atoms with van der Waals surface area (Å²) in [5, 5.41) is 3.15. The molecule has 3 nitrogen and oxygen atoms in total. The molecule has 0 bridgehead atoms. The highest BCUT2D eigenvalue weighted by Crippen LogP contribution is 2.25. The third kappa shape index (κ3) is 2.47. The van der Waals surface area contributed by atoms with Crippen LogP contribution in [-0.2, 0) is 0 Å². The summed E-state index contributed by atoms with van der Waals surface area (Å²) in [7, 11) is 0. The second-order valence-electron chi connectivity index (χ2n) is 3.07. The molecule has 0 radical (unpaired) electrons. The molecule has 0 unspecified atom stereocenters. The lowest BCUT2D eigenvalue weighted by atomic mass is 10.2. The van der Waals surface area contributed by atoms with E-state index in [1.807, 2.05) is 36.4 Å². The summed E-state index contributed by atoms with van der Waals surface area (Å²) in [6.07, 6.45) is 1.73. The Hall–Kier alpha value is -1.55. The molecule has 0 saturated carbocycles. The minimum Gasteiger partial charge on any atom is -0.397 e. The van der Waals surface area contributed by atoms with Gasteiger partial charge in [0.05, 0.1) is 11.4 Å². The fraction of sp³-hybridized carbons (Fsp3) is 0. The molecule has 0 aliphatic rings. The molecule has 0 fully saturated rings. The van der Waals surface area contributed by atoms with Gasteiger partial charge >= 0.3 is 0 Å². The Morgan fingerprint density at radius 1 is 1.20 bits per heavy atom. The number of nitrogens with two attached hydrogens (primary N) is 1.